The van der Waals surface area contributed by atoms with E-state index in [4.69, 9.17) is 23.2 Å². The molecule has 0 radical (unpaired) electrons. The summed E-state index contributed by atoms with van der Waals surface area (Å²) in [6, 6.07) is 0.160. The average molecular weight is 524 g/mol. The van der Waals surface area contributed by atoms with Crippen LogP contribution in [0, 0.1) is 18.6 Å². The number of rotatable bonds is 5. The van der Waals surface area contributed by atoms with Crippen LogP contribution in [-0.4, -0.2) is 34.7 Å². The molecule has 1 atom stereocenters. The first-order valence-electron chi connectivity index (χ1n) is 9.61. The molecule has 2 aromatic heterocycles. The predicted octanol–water partition coefficient (Wildman–Crippen LogP) is 5.77. The van der Waals surface area contributed by atoms with Gasteiger partial charge in [-0.1, -0.05) is 23.2 Å². The van der Waals surface area contributed by atoms with Gasteiger partial charge in [-0.15, -0.1) is 0 Å². The second-order valence-corrected chi connectivity index (χ2v) is 7.92. The topological polar surface area (TPSA) is 73.2 Å². The van der Waals surface area contributed by atoms with E-state index < -0.39 is 51.3 Å². The number of amides is 1. The minimum Gasteiger partial charge on any atom is -0.465 e. The van der Waals surface area contributed by atoms with Gasteiger partial charge in [0.2, 0.25) is 0 Å². The van der Waals surface area contributed by atoms with Crippen molar-refractivity contribution in [2.75, 3.05) is 7.11 Å². The van der Waals surface area contributed by atoms with Crippen molar-refractivity contribution in [2.24, 2.45) is 0 Å². The number of fused-ring (bicyclic) bond motifs is 1. The van der Waals surface area contributed by atoms with E-state index in [0.29, 0.717) is 11.5 Å². The van der Waals surface area contributed by atoms with Gasteiger partial charge in [-0.3, -0.25) is 4.79 Å². The Bertz CT molecular complexity index is 1310. The van der Waals surface area contributed by atoms with Gasteiger partial charge < -0.3 is 14.6 Å². The Morgan fingerprint density at radius 1 is 1.18 bits per heavy atom. The molecule has 0 saturated carbocycles. The number of methoxy groups -OCH3 is 1. The van der Waals surface area contributed by atoms with Crippen LogP contribution < -0.4 is 5.32 Å². The zero-order valence-corrected chi connectivity index (χ0v) is 19.3. The third kappa shape index (κ3) is 4.54. The van der Waals surface area contributed by atoms with E-state index in [9.17, 15) is 31.5 Å². The first-order valence-corrected chi connectivity index (χ1v) is 10.4. The van der Waals surface area contributed by atoms with Gasteiger partial charge in [0, 0.05) is 17.5 Å². The van der Waals surface area contributed by atoms with Crippen LogP contribution in [0.2, 0.25) is 10.0 Å². The van der Waals surface area contributed by atoms with Crippen molar-refractivity contribution in [3.63, 3.8) is 0 Å². The van der Waals surface area contributed by atoms with Crippen LogP contribution >= 0.6 is 23.2 Å². The Labute approximate surface area is 199 Å². The summed E-state index contributed by atoms with van der Waals surface area (Å²) in [5, 5.41) is -0.0661. The lowest BCUT2D eigenvalue weighted by atomic mass is 10.0. The maximum atomic E-state index is 14.4. The fourth-order valence-electron chi connectivity index (χ4n) is 3.44. The van der Waals surface area contributed by atoms with Crippen molar-refractivity contribution in [1.82, 2.24) is 14.9 Å². The number of hydrogen-bond acceptors (Lipinski definition) is 4. The van der Waals surface area contributed by atoms with E-state index in [1.54, 1.807) is 12.2 Å². The summed E-state index contributed by atoms with van der Waals surface area (Å²) in [4.78, 5) is 29.1. The Morgan fingerprint density at radius 3 is 2.38 bits per heavy atom. The summed E-state index contributed by atoms with van der Waals surface area (Å²) >= 11 is 11.0. The number of alkyl halides is 3. The van der Waals surface area contributed by atoms with Gasteiger partial charge in [0.1, 0.15) is 22.2 Å². The molecular formula is C21H16Cl2F5N3O3. The Morgan fingerprint density at radius 2 is 1.82 bits per heavy atom. The average Bonchev–Trinajstić information content (AvgIpc) is 3.14. The summed E-state index contributed by atoms with van der Waals surface area (Å²) < 4.78 is 75.6. The maximum absolute atomic E-state index is 14.4. The van der Waals surface area contributed by atoms with Crippen LogP contribution in [0.25, 0.3) is 11.0 Å². The number of hydrogen-bond donors (Lipinski definition) is 1. The molecule has 13 heteroatoms. The molecule has 1 aromatic carbocycles. The standard InChI is InChI=1S/C21H16Cl2F5N3O3/c1-4-31-13(6-9-5-10(20(33)34-3)8(2)29-18(9)31)19(32)30-17(21(26,27)28)11-7-12(22)16(25)14(23)15(11)24/h5-7,17H,4H2,1-3H3,(H,30,32). The molecule has 0 aliphatic heterocycles. The second kappa shape index (κ2) is 9.38. The first kappa shape index (κ1) is 25.7. The molecule has 0 fully saturated rings. The lowest BCUT2D eigenvalue weighted by Gasteiger charge is -2.23. The number of aryl methyl sites for hydroxylation is 2. The largest absolute Gasteiger partial charge is 0.465 e. The van der Waals surface area contributed by atoms with Crippen LogP contribution in [0.5, 0.6) is 0 Å². The molecule has 0 saturated heterocycles. The van der Waals surface area contributed by atoms with Gasteiger partial charge in [-0.05, 0) is 32.0 Å². The van der Waals surface area contributed by atoms with Gasteiger partial charge in [-0.25, -0.2) is 18.6 Å². The summed E-state index contributed by atoms with van der Waals surface area (Å²) in [5.41, 5.74) is -0.759. The third-order valence-electron chi connectivity index (χ3n) is 5.06. The zero-order valence-electron chi connectivity index (χ0n) is 17.8. The molecule has 0 spiro atoms. The molecule has 3 rings (SSSR count). The fourth-order valence-corrected chi connectivity index (χ4v) is 3.91. The highest BCUT2D eigenvalue weighted by Crippen LogP contribution is 2.39. The third-order valence-corrected chi connectivity index (χ3v) is 5.67. The Hall–Kier alpha value is -2.92. The number of halogens is 7. The Balaban J connectivity index is 2.11. The molecular weight excluding hydrogens is 508 g/mol. The van der Waals surface area contributed by atoms with E-state index in [0.717, 1.165) is 0 Å². The number of nitrogens with zero attached hydrogens (tertiary/aromatic N) is 2. The maximum Gasteiger partial charge on any atom is 0.412 e. The van der Waals surface area contributed by atoms with E-state index in [2.05, 4.69) is 9.72 Å². The number of pyridine rings is 1. The van der Waals surface area contributed by atoms with Crippen molar-refractivity contribution in [3.8, 4) is 0 Å². The van der Waals surface area contributed by atoms with Crippen molar-refractivity contribution < 1.29 is 36.3 Å². The minimum atomic E-state index is -5.18. The molecule has 2 heterocycles. The quantitative estimate of drug-likeness (QED) is 0.199. The molecule has 0 bridgehead atoms. The van der Waals surface area contributed by atoms with Crippen molar-refractivity contribution in [2.45, 2.75) is 32.6 Å². The summed E-state index contributed by atoms with van der Waals surface area (Å²) in [7, 11) is 1.17. The number of ether oxygens (including phenoxy) is 1. The summed E-state index contributed by atoms with van der Waals surface area (Å²) in [6.07, 6.45) is -5.18. The van der Waals surface area contributed by atoms with E-state index in [1.807, 2.05) is 0 Å². The molecule has 1 amide bonds. The van der Waals surface area contributed by atoms with E-state index >= 15 is 0 Å². The zero-order chi connectivity index (χ0) is 25.5. The van der Waals surface area contributed by atoms with Gasteiger partial charge in [-0.2, -0.15) is 13.2 Å². The van der Waals surface area contributed by atoms with Crippen LogP contribution in [0.15, 0.2) is 18.2 Å². The molecule has 182 valence electrons. The summed E-state index contributed by atoms with van der Waals surface area (Å²) in [6.45, 7) is 3.29. The van der Waals surface area contributed by atoms with Crippen molar-refractivity contribution >= 4 is 46.1 Å². The smallest absolute Gasteiger partial charge is 0.412 e. The van der Waals surface area contributed by atoms with Crippen LogP contribution in [0.3, 0.4) is 0 Å². The lowest BCUT2D eigenvalue weighted by Crippen LogP contribution is -2.39. The molecule has 1 N–H and O–H groups in total. The fraction of sp³-hybridized carbons (Fsp3) is 0.286. The van der Waals surface area contributed by atoms with Gasteiger partial charge >= 0.3 is 12.1 Å². The molecule has 0 aliphatic carbocycles. The number of benzene rings is 1. The molecule has 3 aromatic rings. The number of nitrogens with one attached hydrogen (secondary N) is 1. The SMILES string of the molecule is CCn1c(C(=O)NC(c2cc(Cl)c(F)c(Cl)c2F)C(F)(F)F)cc2cc(C(=O)OC)c(C)nc21. The highest BCUT2D eigenvalue weighted by Gasteiger charge is 2.44. The van der Waals surface area contributed by atoms with E-state index in [-0.39, 0.29) is 29.1 Å². The minimum absolute atomic E-state index is 0.112. The second-order valence-electron chi connectivity index (χ2n) is 7.14. The van der Waals surface area contributed by atoms with Crippen LogP contribution in [0.1, 0.15) is 45.1 Å². The monoisotopic (exact) mass is 523 g/mol. The van der Waals surface area contributed by atoms with Crippen LogP contribution in [0.4, 0.5) is 22.0 Å². The molecule has 0 aliphatic rings. The van der Waals surface area contributed by atoms with Crippen molar-refractivity contribution in [1.29, 1.82) is 0 Å². The lowest BCUT2D eigenvalue weighted by molar-refractivity contribution is -0.155. The molecule has 1 unspecified atom stereocenters. The summed E-state index contributed by atoms with van der Waals surface area (Å²) in [5.74, 6) is -5.04. The van der Waals surface area contributed by atoms with E-state index in [1.165, 1.54) is 30.7 Å². The Kier molecular flexibility index (Phi) is 7.09. The van der Waals surface area contributed by atoms with Gasteiger partial charge in [0.15, 0.2) is 11.9 Å². The first-order chi connectivity index (χ1) is 15.8. The number of aromatic nitrogens is 2. The highest BCUT2D eigenvalue weighted by atomic mass is 35.5. The van der Waals surface area contributed by atoms with Crippen LogP contribution in [-0.2, 0) is 11.3 Å². The van der Waals surface area contributed by atoms with Gasteiger partial charge in [0.25, 0.3) is 5.91 Å². The van der Waals surface area contributed by atoms with Crippen molar-refractivity contribution in [3.05, 3.63) is 62.4 Å². The normalized spacial score (nSPS) is 12.6. The molecule has 6 nitrogen and oxygen atoms in total. The number of carbonyl (C=O) groups excluding carboxylic acids is 2. The predicted molar refractivity (Wildman–Crippen MR) is 114 cm³/mol. The van der Waals surface area contributed by atoms with Gasteiger partial charge in [0.05, 0.1) is 23.4 Å². The number of carbonyl (C=O) groups is 2. The number of esters is 1. The highest BCUT2D eigenvalue weighted by molar-refractivity contribution is 6.35. The molecule has 34 heavy (non-hydrogen) atoms.